The smallest absolute Gasteiger partial charge is 0.410 e. The van der Waals surface area contributed by atoms with Crippen molar-refractivity contribution in [2.75, 3.05) is 38.5 Å². The molecule has 3 heterocycles. The largest absolute Gasteiger partial charge is 0.444 e. The molecular weight excluding hydrogens is 504 g/mol. The van der Waals surface area contributed by atoms with E-state index in [0.29, 0.717) is 57.7 Å². The van der Waals surface area contributed by atoms with E-state index in [0.717, 1.165) is 17.2 Å². The second-order valence-electron chi connectivity index (χ2n) is 11.4. The normalized spacial score (nSPS) is 17.8. The second-order valence-corrected chi connectivity index (χ2v) is 13.5. The van der Waals surface area contributed by atoms with Crippen LogP contribution in [-0.4, -0.2) is 89.6 Å². The van der Waals surface area contributed by atoms with Gasteiger partial charge in [-0.25, -0.2) is 17.5 Å². The molecule has 9 nitrogen and oxygen atoms in total. The lowest BCUT2D eigenvalue weighted by Crippen LogP contribution is -2.58. The molecule has 0 atom stereocenters. The Hall–Kier alpha value is -2.72. The molecule has 10 heteroatoms. The monoisotopic (exact) mass is 544 g/mol. The predicted molar refractivity (Wildman–Crippen MR) is 147 cm³/mol. The molecule has 38 heavy (non-hydrogen) atoms. The van der Waals surface area contributed by atoms with E-state index >= 15 is 0 Å². The number of pyridine rings is 1. The van der Waals surface area contributed by atoms with Crippen molar-refractivity contribution in [3.05, 3.63) is 42.2 Å². The molecule has 1 aromatic carbocycles. The van der Waals surface area contributed by atoms with E-state index in [1.807, 2.05) is 62.9 Å². The molecular formula is C28H40N4O5S. The average molecular weight is 545 g/mol. The van der Waals surface area contributed by atoms with Gasteiger partial charge in [0.25, 0.3) is 5.91 Å². The standard InChI is InChI=1S/C28H40N4O5S/c1-5-6-15-38(35,36)31-13-11-24(12-14-31)32(20-21-18-30(19-21)27(34)37-28(2,3)4)26(33)25-16-22-9-7-8-10-23(22)17-29-25/h7-10,16-17,21,24H,5-6,11-15,18-20H2,1-4H3. The Morgan fingerprint density at radius 3 is 2.39 bits per heavy atom. The van der Waals surface area contributed by atoms with Crippen LogP contribution >= 0.6 is 0 Å². The third-order valence-electron chi connectivity index (χ3n) is 7.19. The van der Waals surface area contributed by atoms with Crippen LogP contribution in [0.4, 0.5) is 4.79 Å². The molecule has 0 aliphatic carbocycles. The molecule has 4 rings (SSSR count). The second kappa shape index (κ2) is 11.6. The molecule has 0 spiro atoms. The Bertz CT molecular complexity index is 1250. The van der Waals surface area contributed by atoms with Gasteiger partial charge in [0.15, 0.2) is 0 Å². The number of amides is 2. The molecule has 2 amide bonds. The highest BCUT2D eigenvalue weighted by Gasteiger charge is 2.39. The summed E-state index contributed by atoms with van der Waals surface area (Å²) in [6.45, 7) is 9.84. The number of ether oxygens (including phenoxy) is 1. The lowest BCUT2D eigenvalue weighted by molar-refractivity contribution is -0.00878. The lowest BCUT2D eigenvalue weighted by Gasteiger charge is -2.44. The Morgan fingerprint density at radius 1 is 1.11 bits per heavy atom. The minimum Gasteiger partial charge on any atom is -0.444 e. The molecule has 0 radical (unpaired) electrons. The fourth-order valence-corrected chi connectivity index (χ4v) is 6.75. The van der Waals surface area contributed by atoms with Crippen LogP contribution in [0.1, 0.15) is 63.9 Å². The highest BCUT2D eigenvalue weighted by Crippen LogP contribution is 2.27. The van der Waals surface area contributed by atoms with Gasteiger partial charge in [0.05, 0.1) is 5.75 Å². The lowest BCUT2D eigenvalue weighted by atomic mass is 9.96. The van der Waals surface area contributed by atoms with Gasteiger partial charge in [0.1, 0.15) is 11.3 Å². The van der Waals surface area contributed by atoms with Gasteiger partial charge >= 0.3 is 6.09 Å². The summed E-state index contributed by atoms with van der Waals surface area (Å²) in [4.78, 5) is 34.2. The topological polar surface area (TPSA) is 100 Å². The van der Waals surface area contributed by atoms with Crippen molar-refractivity contribution in [2.24, 2.45) is 5.92 Å². The summed E-state index contributed by atoms with van der Waals surface area (Å²) >= 11 is 0. The summed E-state index contributed by atoms with van der Waals surface area (Å²) in [5.74, 6) is 0.137. The molecule has 0 bridgehead atoms. The van der Waals surface area contributed by atoms with Gasteiger partial charge in [-0.15, -0.1) is 0 Å². The van der Waals surface area contributed by atoms with E-state index in [2.05, 4.69) is 4.98 Å². The number of likely N-dealkylation sites (tertiary alicyclic amines) is 1. The zero-order valence-electron chi connectivity index (χ0n) is 22.9. The van der Waals surface area contributed by atoms with E-state index in [4.69, 9.17) is 4.74 Å². The average Bonchev–Trinajstić information content (AvgIpc) is 2.85. The number of unbranched alkanes of at least 4 members (excludes halogenated alkanes) is 1. The Morgan fingerprint density at radius 2 is 1.76 bits per heavy atom. The number of carbonyl (C=O) groups excluding carboxylic acids is 2. The van der Waals surface area contributed by atoms with Gasteiger partial charge in [-0.1, -0.05) is 37.6 Å². The molecule has 0 N–H and O–H groups in total. The van der Waals surface area contributed by atoms with Gasteiger partial charge in [-0.2, -0.15) is 0 Å². The van der Waals surface area contributed by atoms with E-state index in [9.17, 15) is 18.0 Å². The third-order valence-corrected chi connectivity index (χ3v) is 9.14. The van der Waals surface area contributed by atoms with Crippen molar-refractivity contribution in [1.82, 2.24) is 19.1 Å². The Kier molecular flexibility index (Phi) is 8.62. The maximum absolute atomic E-state index is 13.8. The van der Waals surface area contributed by atoms with Gasteiger partial charge in [-0.05, 0) is 51.5 Å². The maximum Gasteiger partial charge on any atom is 0.410 e. The van der Waals surface area contributed by atoms with Gasteiger partial charge in [-0.3, -0.25) is 9.78 Å². The highest BCUT2D eigenvalue weighted by molar-refractivity contribution is 7.89. The summed E-state index contributed by atoms with van der Waals surface area (Å²) in [5, 5.41) is 1.91. The SMILES string of the molecule is CCCCS(=O)(=O)N1CCC(N(CC2CN(C(=O)OC(C)(C)C)C2)C(=O)c2cc3ccccc3cn2)CC1. The number of benzene rings is 1. The Balaban J connectivity index is 1.47. The molecule has 2 aromatic rings. The van der Waals surface area contributed by atoms with Crippen LogP contribution in [0.5, 0.6) is 0 Å². The molecule has 0 saturated carbocycles. The fraction of sp³-hybridized carbons (Fsp3) is 0.607. The van der Waals surface area contributed by atoms with Gasteiger partial charge < -0.3 is 14.5 Å². The summed E-state index contributed by atoms with van der Waals surface area (Å²) in [5.41, 5.74) is -0.179. The van der Waals surface area contributed by atoms with E-state index in [1.54, 1.807) is 15.4 Å². The molecule has 2 aliphatic heterocycles. The third kappa shape index (κ3) is 6.83. The maximum atomic E-state index is 13.8. The number of nitrogens with zero attached hydrogens (tertiary/aromatic N) is 4. The van der Waals surface area contributed by atoms with Crippen LogP contribution in [-0.2, 0) is 14.8 Å². The summed E-state index contributed by atoms with van der Waals surface area (Å²) in [7, 11) is -3.28. The number of sulfonamides is 1. The van der Waals surface area contributed by atoms with Crippen LogP contribution in [0.15, 0.2) is 36.5 Å². The first-order chi connectivity index (χ1) is 18.0. The van der Waals surface area contributed by atoms with E-state index < -0.39 is 15.6 Å². The van der Waals surface area contributed by atoms with Crippen molar-refractivity contribution in [3.63, 3.8) is 0 Å². The fourth-order valence-electron chi connectivity index (χ4n) is 5.07. The molecule has 0 unspecified atom stereocenters. The van der Waals surface area contributed by atoms with Crippen molar-refractivity contribution >= 4 is 32.8 Å². The first-order valence-electron chi connectivity index (χ1n) is 13.6. The van der Waals surface area contributed by atoms with Crippen LogP contribution in [0.25, 0.3) is 10.8 Å². The first kappa shape index (κ1) is 28.3. The van der Waals surface area contributed by atoms with Crippen molar-refractivity contribution < 1.29 is 22.7 Å². The minimum absolute atomic E-state index is 0.0935. The minimum atomic E-state index is -3.28. The summed E-state index contributed by atoms with van der Waals surface area (Å²) in [6.07, 6.45) is 4.01. The first-order valence-corrected chi connectivity index (χ1v) is 15.2. The summed E-state index contributed by atoms with van der Waals surface area (Å²) < 4.78 is 32.5. The van der Waals surface area contributed by atoms with Gasteiger partial charge in [0.2, 0.25) is 10.0 Å². The molecule has 2 fully saturated rings. The van der Waals surface area contributed by atoms with Gasteiger partial charge in [0, 0.05) is 56.3 Å². The van der Waals surface area contributed by atoms with Crippen molar-refractivity contribution in [2.45, 2.75) is 65.0 Å². The van der Waals surface area contributed by atoms with Crippen LogP contribution in [0.2, 0.25) is 0 Å². The number of hydrogen-bond donors (Lipinski definition) is 0. The predicted octanol–water partition coefficient (Wildman–Crippen LogP) is 4.14. The zero-order valence-corrected chi connectivity index (χ0v) is 23.7. The number of fused-ring (bicyclic) bond motifs is 1. The number of carbonyl (C=O) groups is 2. The number of piperidine rings is 1. The molecule has 2 saturated heterocycles. The van der Waals surface area contributed by atoms with Crippen LogP contribution in [0.3, 0.4) is 0 Å². The highest BCUT2D eigenvalue weighted by atomic mass is 32.2. The molecule has 208 valence electrons. The van der Waals surface area contributed by atoms with Crippen LogP contribution < -0.4 is 0 Å². The molecule has 1 aromatic heterocycles. The van der Waals surface area contributed by atoms with Crippen LogP contribution in [0, 0.1) is 5.92 Å². The number of rotatable bonds is 8. The van der Waals surface area contributed by atoms with Crippen molar-refractivity contribution in [1.29, 1.82) is 0 Å². The number of aromatic nitrogens is 1. The van der Waals surface area contributed by atoms with E-state index in [-0.39, 0.29) is 29.7 Å². The zero-order chi connectivity index (χ0) is 27.5. The Labute approximate surface area is 226 Å². The number of hydrogen-bond acceptors (Lipinski definition) is 6. The van der Waals surface area contributed by atoms with E-state index in [1.165, 1.54) is 0 Å². The van der Waals surface area contributed by atoms with Crippen molar-refractivity contribution in [3.8, 4) is 0 Å². The summed E-state index contributed by atoms with van der Waals surface area (Å²) in [6, 6.07) is 9.52. The quantitative estimate of drug-likeness (QED) is 0.495. The molecule has 2 aliphatic rings.